The number of aliphatic hydroxyl groups is 1. The zero-order valence-electron chi connectivity index (χ0n) is 21.9. The van der Waals surface area contributed by atoms with Crippen LogP contribution in [0.3, 0.4) is 0 Å². The van der Waals surface area contributed by atoms with E-state index >= 15 is 0 Å². The molecule has 1 aromatic rings. The van der Waals surface area contributed by atoms with Crippen molar-refractivity contribution in [3.05, 3.63) is 47.6 Å². The van der Waals surface area contributed by atoms with Crippen molar-refractivity contribution in [2.75, 3.05) is 13.7 Å². The van der Waals surface area contributed by atoms with Crippen molar-refractivity contribution in [2.45, 2.75) is 103 Å². The maximum absolute atomic E-state index is 12.4. The van der Waals surface area contributed by atoms with E-state index in [1.165, 1.54) is 64.2 Å². The Morgan fingerprint density at radius 3 is 1.89 bits per heavy atom. The number of allylic oxidation sites excluding steroid dienone is 2. The van der Waals surface area contributed by atoms with Crippen LogP contribution in [0.4, 0.5) is 0 Å². The van der Waals surface area contributed by atoms with Gasteiger partial charge in [-0.2, -0.15) is 0 Å². The molecule has 1 rings (SSSR count). The van der Waals surface area contributed by atoms with Crippen molar-refractivity contribution in [3.63, 3.8) is 0 Å². The van der Waals surface area contributed by atoms with Gasteiger partial charge in [-0.1, -0.05) is 89.0 Å². The van der Waals surface area contributed by atoms with Crippen LogP contribution in [0, 0.1) is 0 Å². The van der Waals surface area contributed by atoms with Crippen LogP contribution < -0.4 is 4.74 Å². The van der Waals surface area contributed by atoms with Crippen LogP contribution in [0.15, 0.2) is 42.0 Å². The third-order valence-corrected chi connectivity index (χ3v) is 6.01. The van der Waals surface area contributed by atoms with Gasteiger partial charge in [0, 0.05) is 5.57 Å². The molecule has 35 heavy (non-hydrogen) atoms. The number of unbranched alkanes of at least 4 members (excludes halogenated alkanes) is 12. The first-order valence-corrected chi connectivity index (χ1v) is 13.5. The van der Waals surface area contributed by atoms with Crippen molar-refractivity contribution in [1.82, 2.24) is 0 Å². The number of rotatable bonds is 20. The number of hydrogen-bond acceptors (Lipinski definition) is 5. The summed E-state index contributed by atoms with van der Waals surface area (Å²) in [5.74, 6) is -0.890. The van der Waals surface area contributed by atoms with Gasteiger partial charge in [0.05, 0.1) is 7.11 Å². The number of carbonyl (C=O) groups excluding carboxylic acids is 2. The second-order valence-corrected chi connectivity index (χ2v) is 9.05. The molecule has 0 aliphatic rings. The molecule has 0 aliphatic carbocycles. The van der Waals surface area contributed by atoms with Gasteiger partial charge >= 0.3 is 11.9 Å². The molecule has 0 atom stereocenters. The number of hydrogen-bond donors (Lipinski definition) is 1. The molecule has 0 aliphatic heterocycles. The fourth-order valence-electron chi connectivity index (χ4n) is 3.90. The SMILES string of the molecule is CCCCCCCC/C=C\CCCCCCCCC(=Cc1ccc(OC)cc1)C(=O)OC(=O)CO. The minimum absolute atomic E-state index is 0.437. The lowest BCUT2D eigenvalue weighted by Gasteiger charge is -2.08. The summed E-state index contributed by atoms with van der Waals surface area (Å²) in [5, 5.41) is 8.87. The molecular formula is C30H46O5. The van der Waals surface area contributed by atoms with E-state index in [0.717, 1.165) is 37.0 Å². The smallest absolute Gasteiger partial charge is 0.341 e. The molecule has 0 heterocycles. The highest BCUT2D eigenvalue weighted by molar-refractivity contribution is 5.99. The third-order valence-electron chi connectivity index (χ3n) is 6.01. The van der Waals surface area contributed by atoms with Gasteiger partial charge < -0.3 is 14.6 Å². The topological polar surface area (TPSA) is 72.8 Å². The summed E-state index contributed by atoms with van der Waals surface area (Å²) in [4.78, 5) is 23.7. The maximum atomic E-state index is 12.4. The Labute approximate surface area is 212 Å². The number of methoxy groups -OCH3 is 1. The molecule has 0 amide bonds. The van der Waals surface area contributed by atoms with Gasteiger partial charge in [-0.15, -0.1) is 0 Å². The number of aliphatic hydroxyl groups excluding tert-OH is 1. The van der Waals surface area contributed by atoms with Gasteiger partial charge in [-0.05, 0) is 62.3 Å². The minimum Gasteiger partial charge on any atom is -0.497 e. The summed E-state index contributed by atoms with van der Waals surface area (Å²) in [6, 6.07) is 7.33. The van der Waals surface area contributed by atoms with Crippen LogP contribution in [0.5, 0.6) is 5.75 Å². The van der Waals surface area contributed by atoms with Gasteiger partial charge in [0.2, 0.25) is 0 Å². The van der Waals surface area contributed by atoms with E-state index in [4.69, 9.17) is 14.6 Å². The summed E-state index contributed by atoms with van der Waals surface area (Å²) in [6.07, 6.45) is 24.1. The van der Waals surface area contributed by atoms with Crippen LogP contribution in [0.25, 0.3) is 6.08 Å². The Balaban J connectivity index is 2.26. The molecule has 0 unspecified atom stereocenters. The van der Waals surface area contributed by atoms with E-state index in [2.05, 4.69) is 19.1 Å². The number of ether oxygens (including phenoxy) is 2. The lowest BCUT2D eigenvalue weighted by Crippen LogP contribution is -2.17. The average Bonchev–Trinajstić information content (AvgIpc) is 2.87. The third kappa shape index (κ3) is 16.0. The monoisotopic (exact) mass is 486 g/mol. The molecular weight excluding hydrogens is 440 g/mol. The first-order chi connectivity index (χ1) is 17.1. The molecule has 5 heteroatoms. The standard InChI is InChI=1S/C30H46O5/c1-3-4-5-6-7-8-9-10-11-12-13-14-15-16-17-18-19-27(30(33)35-29(32)25-31)24-26-20-22-28(34-2)23-21-26/h10-11,20-24,31H,3-9,12-19,25H2,1-2H3/b11-10-,27-24?. The summed E-state index contributed by atoms with van der Waals surface area (Å²) in [7, 11) is 1.60. The quantitative estimate of drug-likeness (QED) is 0.0676. The predicted molar refractivity (Wildman–Crippen MR) is 143 cm³/mol. The molecule has 196 valence electrons. The summed E-state index contributed by atoms with van der Waals surface area (Å²) in [5.41, 5.74) is 1.27. The van der Waals surface area contributed by atoms with Gasteiger partial charge in [0.1, 0.15) is 12.4 Å². The summed E-state index contributed by atoms with van der Waals surface area (Å²) < 4.78 is 9.89. The molecule has 0 bridgehead atoms. The van der Waals surface area contributed by atoms with Crippen LogP contribution in [0.1, 0.15) is 109 Å². The second-order valence-electron chi connectivity index (χ2n) is 9.05. The average molecular weight is 487 g/mol. The Hall–Kier alpha value is -2.40. The number of carbonyl (C=O) groups is 2. The lowest BCUT2D eigenvalue weighted by molar-refractivity contribution is -0.159. The predicted octanol–water partition coefficient (Wildman–Crippen LogP) is 7.57. The lowest BCUT2D eigenvalue weighted by atomic mass is 10.0. The number of benzene rings is 1. The molecule has 0 spiro atoms. The molecule has 1 aromatic carbocycles. The maximum Gasteiger partial charge on any atom is 0.341 e. The van der Waals surface area contributed by atoms with E-state index in [-0.39, 0.29) is 0 Å². The van der Waals surface area contributed by atoms with E-state index in [1.807, 2.05) is 24.3 Å². The Bertz CT molecular complexity index is 749. The van der Waals surface area contributed by atoms with Gasteiger partial charge in [-0.25, -0.2) is 9.59 Å². The Kier molecular flexibility index (Phi) is 18.3. The highest BCUT2D eigenvalue weighted by atomic mass is 16.6. The van der Waals surface area contributed by atoms with E-state index in [9.17, 15) is 9.59 Å². The summed E-state index contributed by atoms with van der Waals surface area (Å²) in [6.45, 7) is 1.45. The van der Waals surface area contributed by atoms with Crippen LogP contribution >= 0.6 is 0 Å². The van der Waals surface area contributed by atoms with Crippen molar-refractivity contribution < 1.29 is 24.2 Å². The van der Waals surface area contributed by atoms with Crippen LogP contribution in [-0.2, 0) is 14.3 Å². The molecule has 0 fully saturated rings. The highest BCUT2D eigenvalue weighted by Crippen LogP contribution is 2.19. The zero-order chi connectivity index (χ0) is 25.6. The largest absolute Gasteiger partial charge is 0.497 e. The van der Waals surface area contributed by atoms with Gasteiger partial charge in [0.25, 0.3) is 0 Å². The van der Waals surface area contributed by atoms with Crippen molar-refractivity contribution >= 4 is 18.0 Å². The molecule has 1 N–H and O–H groups in total. The zero-order valence-corrected chi connectivity index (χ0v) is 21.9. The first-order valence-electron chi connectivity index (χ1n) is 13.5. The summed E-state index contributed by atoms with van der Waals surface area (Å²) >= 11 is 0. The molecule has 0 aromatic heterocycles. The molecule has 5 nitrogen and oxygen atoms in total. The van der Waals surface area contributed by atoms with Crippen molar-refractivity contribution in [3.8, 4) is 5.75 Å². The highest BCUT2D eigenvalue weighted by Gasteiger charge is 2.15. The van der Waals surface area contributed by atoms with Crippen molar-refractivity contribution in [1.29, 1.82) is 0 Å². The number of esters is 2. The fourth-order valence-corrected chi connectivity index (χ4v) is 3.90. The van der Waals surface area contributed by atoms with E-state index < -0.39 is 18.5 Å². The minimum atomic E-state index is -0.934. The van der Waals surface area contributed by atoms with Gasteiger partial charge in [-0.3, -0.25) is 0 Å². The molecule has 0 saturated carbocycles. The Morgan fingerprint density at radius 2 is 1.34 bits per heavy atom. The Morgan fingerprint density at radius 1 is 0.800 bits per heavy atom. The molecule has 0 saturated heterocycles. The normalized spacial score (nSPS) is 11.7. The van der Waals surface area contributed by atoms with Gasteiger partial charge in [0.15, 0.2) is 0 Å². The van der Waals surface area contributed by atoms with E-state index in [1.54, 1.807) is 13.2 Å². The van der Waals surface area contributed by atoms with E-state index in [0.29, 0.717) is 12.0 Å². The van der Waals surface area contributed by atoms with Crippen LogP contribution in [-0.4, -0.2) is 30.8 Å². The first kappa shape index (κ1) is 30.6. The molecule has 0 radical (unpaired) electrons. The van der Waals surface area contributed by atoms with Crippen molar-refractivity contribution in [2.24, 2.45) is 0 Å². The second kappa shape index (κ2) is 20.9. The van der Waals surface area contributed by atoms with Crippen LogP contribution in [0.2, 0.25) is 0 Å². The fraction of sp³-hybridized carbons (Fsp3) is 0.600.